The minimum absolute atomic E-state index is 0.609. The van der Waals surface area contributed by atoms with Gasteiger partial charge < -0.3 is 15.5 Å². The number of nitrogens with two attached hydrogens (primary N) is 1. The third-order valence-corrected chi connectivity index (χ3v) is 5.33. The molecule has 2 fully saturated rings. The van der Waals surface area contributed by atoms with Crippen molar-refractivity contribution in [2.75, 3.05) is 37.6 Å². The van der Waals surface area contributed by atoms with Gasteiger partial charge in [0.2, 0.25) is 0 Å². The van der Waals surface area contributed by atoms with E-state index in [-0.39, 0.29) is 0 Å². The largest absolute Gasteiger partial charge is 0.371 e. The first-order valence-corrected chi connectivity index (χ1v) is 9.01. The predicted molar refractivity (Wildman–Crippen MR) is 92.6 cm³/mol. The molecule has 0 radical (unpaired) electrons. The van der Waals surface area contributed by atoms with Crippen LogP contribution in [0.25, 0.3) is 0 Å². The third kappa shape index (κ3) is 3.99. The molecule has 0 atom stereocenters. The number of nitrogens with zero attached hydrogens (tertiary/aromatic N) is 2. The van der Waals surface area contributed by atoms with Crippen LogP contribution in [0.5, 0.6) is 0 Å². The monoisotopic (exact) mass is 351 g/mol. The summed E-state index contributed by atoms with van der Waals surface area (Å²) in [4.78, 5) is 5.18. The Balaban J connectivity index is 1.56. The molecule has 4 heteroatoms. The zero-order valence-corrected chi connectivity index (χ0v) is 14.3. The molecule has 1 aromatic rings. The van der Waals surface area contributed by atoms with Gasteiger partial charge in [0.05, 0.1) is 0 Å². The Hall–Kier alpha value is -0.580. The molecule has 2 saturated heterocycles. The van der Waals surface area contributed by atoms with Crippen molar-refractivity contribution in [3.05, 3.63) is 28.2 Å². The summed E-state index contributed by atoms with van der Waals surface area (Å²) in [6, 6.07) is 6.58. The molecule has 2 heterocycles. The number of halogens is 1. The average Bonchev–Trinajstić information content (AvgIpc) is 3.00. The van der Waals surface area contributed by atoms with Gasteiger partial charge in [-0.3, -0.25) is 0 Å². The van der Waals surface area contributed by atoms with Crippen molar-refractivity contribution in [1.82, 2.24) is 4.90 Å². The number of hydrogen-bond acceptors (Lipinski definition) is 3. The van der Waals surface area contributed by atoms with Crippen LogP contribution in [0.15, 0.2) is 22.7 Å². The highest BCUT2D eigenvalue weighted by molar-refractivity contribution is 9.10. The molecule has 0 unspecified atom stereocenters. The van der Waals surface area contributed by atoms with Crippen LogP contribution < -0.4 is 10.6 Å². The Labute approximate surface area is 136 Å². The van der Waals surface area contributed by atoms with Crippen LogP contribution in [0.2, 0.25) is 0 Å². The molecule has 0 aromatic heterocycles. The van der Waals surface area contributed by atoms with Crippen molar-refractivity contribution in [1.29, 1.82) is 0 Å². The lowest BCUT2D eigenvalue weighted by Gasteiger charge is -2.35. The molecular weight excluding hydrogens is 326 g/mol. The fourth-order valence-electron chi connectivity index (χ4n) is 3.64. The molecule has 0 bridgehead atoms. The van der Waals surface area contributed by atoms with Crippen LogP contribution in [-0.4, -0.2) is 37.6 Å². The zero-order chi connectivity index (χ0) is 14.7. The molecule has 0 aliphatic carbocycles. The Kier molecular flexibility index (Phi) is 5.19. The highest BCUT2D eigenvalue weighted by atomic mass is 79.9. The molecule has 2 N–H and O–H groups in total. The average molecular weight is 352 g/mol. The first-order chi connectivity index (χ1) is 10.2. The number of hydrogen-bond donors (Lipinski definition) is 1. The van der Waals surface area contributed by atoms with E-state index in [1.807, 2.05) is 0 Å². The minimum atomic E-state index is 0.609. The Morgan fingerprint density at radius 3 is 2.43 bits per heavy atom. The van der Waals surface area contributed by atoms with Crippen molar-refractivity contribution in [3.63, 3.8) is 0 Å². The standard InChI is InChI=1S/C17H26BrN3/c18-16-9-15(12-19)10-17(11-16)21-7-3-14(4-8-21)13-20-5-1-2-6-20/h9-11,14H,1-8,12-13,19H2. The van der Waals surface area contributed by atoms with Gasteiger partial charge in [-0.1, -0.05) is 15.9 Å². The van der Waals surface area contributed by atoms with E-state index in [0.717, 1.165) is 10.4 Å². The van der Waals surface area contributed by atoms with Gasteiger partial charge in [-0.15, -0.1) is 0 Å². The first kappa shape index (κ1) is 15.3. The minimum Gasteiger partial charge on any atom is -0.371 e. The topological polar surface area (TPSA) is 32.5 Å². The SMILES string of the molecule is NCc1cc(Br)cc(N2CCC(CN3CCCC3)CC2)c1. The van der Waals surface area contributed by atoms with E-state index in [0.29, 0.717) is 6.54 Å². The van der Waals surface area contributed by atoms with Crippen LogP contribution in [0, 0.1) is 5.92 Å². The van der Waals surface area contributed by atoms with Crippen LogP contribution in [0.3, 0.4) is 0 Å². The maximum absolute atomic E-state index is 5.79. The second-order valence-electron chi connectivity index (χ2n) is 6.46. The molecule has 116 valence electrons. The highest BCUT2D eigenvalue weighted by Crippen LogP contribution is 2.28. The second kappa shape index (κ2) is 7.12. The third-order valence-electron chi connectivity index (χ3n) is 4.87. The normalized spacial score (nSPS) is 21.1. The quantitative estimate of drug-likeness (QED) is 0.903. The first-order valence-electron chi connectivity index (χ1n) is 8.21. The van der Waals surface area contributed by atoms with Gasteiger partial charge in [0, 0.05) is 36.3 Å². The summed E-state index contributed by atoms with van der Waals surface area (Å²) in [5.41, 5.74) is 8.32. The molecule has 3 rings (SSSR count). The predicted octanol–water partition coefficient (Wildman–Crippen LogP) is 3.22. The molecule has 1 aromatic carbocycles. The molecule has 0 saturated carbocycles. The van der Waals surface area contributed by atoms with Crippen LogP contribution in [0.4, 0.5) is 5.69 Å². The number of benzene rings is 1. The lowest BCUT2D eigenvalue weighted by molar-refractivity contribution is 0.249. The summed E-state index contributed by atoms with van der Waals surface area (Å²) in [6.07, 6.45) is 5.44. The number of anilines is 1. The van der Waals surface area contributed by atoms with Crippen molar-refractivity contribution in [3.8, 4) is 0 Å². The molecule has 21 heavy (non-hydrogen) atoms. The van der Waals surface area contributed by atoms with Gasteiger partial charge in [0.1, 0.15) is 0 Å². The van der Waals surface area contributed by atoms with E-state index in [1.54, 1.807) is 0 Å². The van der Waals surface area contributed by atoms with Crippen molar-refractivity contribution in [2.24, 2.45) is 11.7 Å². The van der Waals surface area contributed by atoms with Crippen LogP contribution >= 0.6 is 15.9 Å². The van der Waals surface area contributed by atoms with Crippen LogP contribution in [0.1, 0.15) is 31.2 Å². The Bertz CT molecular complexity index is 463. The summed E-state index contributed by atoms with van der Waals surface area (Å²) < 4.78 is 1.14. The Morgan fingerprint density at radius 2 is 1.76 bits per heavy atom. The smallest absolute Gasteiger partial charge is 0.0380 e. The maximum atomic E-state index is 5.79. The Morgan fingerprint density at radius 1 is 1.05 bits per heavy atom. The lowest BCUT2D eigenvalue weighted by Crippen LogP contribution is -2.38. The van der Waals surface area contributed by atoms with Gasteiger partial charge in [-0.05, 0) is 68.5 Å². The fourth-order valence-corrected chi connectivity index (χ4v) is 4.17. The van der Waals surface area contributed by atoms with E-state index in [1.165, 1.54) is 69.7 Å². The number of likely N-dealkylation sites (tertiary alicyclic amines) is 1. The summed E-state index contributed by atoms with van der Waals surface area (Å²) in [5, 5.41) is 0. The highest BCUT2D eigenvalue weighted by Gasteiger charge is 2.23. The zero-order valence-electron chi connectivity index (χ0n) is 12.7. The summed E-state index contributed by atoms with van der Waals surface area (Å²) in [7, 11) is 0. The number of rotatable bonds is 4. The molecule has 2 aliphatic heterocycles. The van der Waals surface area contributed by atoms with Gasteiger partial charge in [0.25, 0.3) is 0 Å². The summed E-state index contributed by atoms with van der Waals surface area (Å²) >= 11 is 3.60. The van der Waals surface area contributed by atoms with E-state index in [2.05, 4.69) is 43.9 Å². The van der Waals surface area contributed by atoms with Gasteiger partial charge in [-0.25, -0.2) is 0 Å². The van der Waals surface area contributed by atoms with Gasteiger partial charge >= 0.3 is 0 Å². The molecule has 0 spiro atoms. The molecule has 3 nitrogen and oxygen atoms in total. The lowest BCUT2D eigenvalue weighted by atomic mass is 9.95. The van der Waals surface area contributed by atoms with Crippen molar-refractivity contribution < 1.29 is 0 Å². The van der Waals surface area contributed by atoms with Crippen molar-refractivity contribution in [2.45, 2.75) is 32.2 Å². The molecular formula is C17H26BrN3. The summed E-state index contributed by atoms with van der Waals surface area (Å²) in [5.74, 6) is 0.889. The van der Waals surface area contributed by atoms with Crippen molar-refractivity contribution >= 4 is 21.6 Å². The van der Waals surface area contributed by atoms with Crippen LogP contribution in [-0.2, 0) is 6.54 Å². The molecule has 2 aliphatic rings. The van der Waals surface area contributed by atoms with Gasteiger partial charge in [-0.2, -0.15) is 0 Å². The van der Waals surface area contributed by atoms with Gasteiger partial charge in [0.15, 0.2) is 0 Å². The number of piperidine rings is 1. The van der Waals surface area contributed by atoms with E-state index in [4.69, 9.17) is 5.73 Å². The van der Waals surface area contributed by atoms with E-state index >= 15 is 0 Å². The fraction of sp³-hybridized carbons (Fsp3) is 0.647. The summed E-state index contributed by atoms with van der Waals surface area (Å²) in [6.45, 7) is 6.94. The molecule has 0 amide bonds. The second-order valence-corrected chi connectivity index (χ2v) is 7.38. The van der Waals surface area contributed by atoms with E-state index in [9.17, 15) is 0 Å². The van der Waals surface area contributed by atoms with E-state index < -0.39 is 0 Å². The maximum Gasteiger partial charge on any atom is 0.0380 e.